The zero-order chi connectivity index (χ0) is 12.1. The van der Waals surface area contributed by atoms with Gasteiger partial charge in [0.1, 0.15) is 5.75 Å². The molecule has 0 aliphatic rings. The van der Waals surface area contributed by atoms with E-state index in [0.717, 1.165) is 0 Å². The van der Waals surface area contributed by atoms with Crippen LogP contribution in [0, 0.1) is 0 Å². The molecule has 4 N–H and O–H groups in total. The molecule has 1 unspecified atom stereocenters. The number of phenols is 1. The Morgan fingerprint density at radius 2 is 2.31 bits per heavy atom. The van der Waals surface area contributed by atoms with Crippen LogP contribution in [0.25, 0.3) is 0 Å². The second-order valence-corrected chi connectivity index (χ2v) is 4.12. The van der Waals surface area contributed by atoms with Crippen molar-refractivity contribution in [3.05, 3.63) is 28.8 Å². The van der Waals surface area contributed by atoms with Gasteiger partial charge in [0, 0.05) is 17.6 Å². The fraction of sp³-hybridized carbons (Fsp3) is 0.364. The zero-order valence-electron chi connectivity index (χ0n) is 9.03. The van der Waals surface area contributed by atoms with Gasteiger partial charge >= 0.3 is 0 Å². The minimum absolute atomic E-state index is 0.0354. The van der Waals surface area contributed by atoms with Gasteiger partial charge in [-0.3, -0.25) is 4.79 Å². The first-order valence-electron chi connectivity index (χ1n) is 5.03. The fourth-order valence-electron chi connectivity index (χ4n) is 1.20. The van der Waals surface area contributed by atoms with E-state index in [1.165, 1.54) is 18.2 Å². The summed E-state index contributed by atoms with van der Waals surface area (Å²) in [5.74, 6) is -0.427. The fourth-order valence-corrected chi connectivity index (χ4v) is 1.37. The molecule has 1 aromatic rings. The molecule has 0 saturated heterocycles. The molecule has 0 spiro atoms. The number of nitrogens with one attached hydrogen (secondary N) is 1. The van der Waals surface area contributed by atoms with E-state index >= 15 is 0 Å². The lowest BCUT2D eigenvalue weighted by atomic mass is 10.2. The van der Waals surface area contributed by atoms with E-state index in [9.17, 15) is 9.90 Å². The number of carbonyl (C=O) groups excluding carboxylic acids is 1. The lowest BCUT2D eigenvalue weighted by molar-refractivity contribution is 0.0950. The van der Waals surface area contributed by atoms with E-state index in [1.54, 1.807) is 0 Å². The van der Waals surface area contributed by atoms with Crippen LogP contribution >= 0.6 is 11.6 Å². The first-order chi connectivity index (χ1) is 7.50. The first-order valence-corrected chi connectivity index (χ1v) is 5.41. The summed E-state index contributed by atoms with van der Waals surface area (Å²) in [6.45, 7) is 2.34. The SMILES string of the molecule is CC(N)CCNC(=O)c1cc(Cl)ccc1O. The summed E-state index contributed by atoms with van der Waals surface area (Å²) in [5.41, 5.74) is 5.73. The van der Waals surface area contributed by atoms with Crippen LogP contribution in [0.4, 0.5) is 0 Å². The normalized spacial score (nSPS) is 12.2. The number of phenolic OH excluding ortho intramolecular Hbond substituents is 1. The van der Waals surface area contributed by atoms with Crippen molar-refractivity contribution in [2.24, 2.45) is 5.73 Å². The van der Waals surface area contributed by atoms with Gasteiger partial charge in [-0.15, -0.1) is 0 Å². The highest BCUT2D eigenvalue weighted by atomic mass is 35.5. The van der Waals surface area contributed by atoms with E-state index in [-0.39, 0.29) is 23.3 Å². The Kier molecular flexibility index (Phi) is 4.58. The predicted molar refractivity (Wildman–Crippen MR) is 63.7 cm³/mol. The van der Waals surface area contributed by atoms with E-state index < -0.39 is 0 Å². The number of benzene rings is 1. The molecule has 0 aliphatic carbocycles. The average Bonchev–Trinajstić information content (AvgIpc) is 2.21. The molecule has 1 rings (SSSR count). The molecule has 0 aromatic heterocycles. The second-order valence-electron chi connectivity index (χ2n) is 3.68. The Morgan fingerprint density at radius 3 is 2.94 bits per heavy atom. The number of nitrogens with two attached hydrogens (primary N) is 1. The van der Waals surface area contributed by atoms with E-state index in [1.807, 2.05) is 6.92 Å². The quantitative estimate of drug-likeness (QED) is 0.749. The van der Waals surface area contributed by atoms with E-state index in [4.69, 9.17) is 17.3 Å². The van der Waals surface area contributed by atoms with Gasteiger partial charge in [0.25, 0.3) is 5.91 Å². The molecule has 88 valence electrons. The molecule has 0 saturated carbocycles. The summed E-state index contributed by atoms with van der Waals surface area (Å²) in [5, 5.41) is 12.5. The van der Waals surface area contributed by atoms with Gasteiger partial charge in [0.15, 0.2) is 0 Å². The number of aromatic hydroxyl groups is 1. The molecule has 1 aromatic carbocycles. The lowest BCUT2D eigenvalue weighted by Crippen LogP contribution is -2.28. The standard InChI is InChI=1S/C11H15ClN2O2/c1-7(13)4-5-14-11(16)9-6-8(12)2-3-10(9)15/h2-3,6-7,15H,4-5,13H2,1H3,(H,14,16). The maximum absolute atomic E-state index is 11.6. The van der Waals surface area contributed by atoms with Crippen LogP contribution in [0.5, 0.6) is 5.75 Å². The number of hydrogen-bond acceptors (Lipinski definition) is 3. The van der Waals surface area contributed by atoms with Crippen LogP contribution < -0.4 is 11.1 Å². The van der Waals surface area contributed by atoms with E-state index in [0.29, 0.717) is 18.0 Å². The van der Waals surface area contributed by atoms with Crippen LogP contribution in [0.1, 0.15) is 23.7 Å². The minimum Gasteiger partial charge on any atom is -0.507 e. The summed E-state index contributed by atoms with van der Waals surface area (Å²) in [6, 6.07) is 4.38. The topological polar surface area (TPSA) is 75.3 Å². The Hall–Kier alpha value is -1.26. The average molecular weight is 243 g/mol. The van der Waals surface area contributed by atoms with Crippen molar-refractivity contribution < 1.29 is 9.90 Å². The second kappa shape index (κ2) is 5.72. The highest BCUT2D eigenvalue weighted by Crippen LogP contribution is 2.21. The number of halogens is 1. The molecule has 1 amide bonds. The largest absolute Gasteiger partial charge is 0.507 e. The summed E-state index contributed by atoms with van der Waals surface area (Å²) >= 11 is 5.73. The molecule has 0 fully saturated rings. The molecule has 4 nitrogen and oxygen atoms in total. The monoisotopic (exact) mass is 242 g/mol. The molecule has 0 bridgehead atoms. The number of hydrogen-bond donors (Lipinski definition) is 3. The van der Waals surface area contributed by atoms with Crippen LogP contribution in [0.2, 0.25) is 5.02 Å². The molecule has 0 heterocycles. The van der Waals surface area contributed by atoms with Crippen molar-refractivity contribution in [1.82, 2.24) is 5.32 Å². The van der Waals surface area contributed by atoms with Gasteiger partial charge in [0.05, 0.1) is 5.56 Å². The number of rotatable bonds is 4. The summed E-state index contributed by atoms with van der Waals surface area (Å²) < 4.78 is 0. The molecular weight excluding hydrogens is 228 g/mol. The van der Waals surface area contributed by atoms with Gasteiger partial charge < -0.3 is 16.2 Å². The third-order valence-corrected chi connectivity index (χ3v) is 2.32. The summed E-state index contributed by atoms with van der Waals surface area (Å²) in [7, 11) is 0. The molecule has 1 atom stereocenters. The van der Waals surface area contributed by atoms with Crippen molar-refractivity contribution in [2.75, 3.05) is 6.54 Å². The zero-order valence-corrected chi connectivity index (χ0v) is 9.79. The maximum atomic E-state index is 11.6. The number of carbonyl (C=O) groups is 1. The van der Waals surface area contributed by atoms with Crippen molar-refractivity contribution in [2.45, 2.75) is 19.4 Å². The Balaban J connectivity index is 2.62. The number of amides is 1. The van der Waals surface area contributed by atoms with Crippen molar-refractivity contribution in [3.63, 3.8) is 0 Å². The Bertz CT molecular complexity index is 380. The smallest absolute Gasteiger partial charge is 0.255 e. The molecule has 0 radical (unpaired) electrons. The van der Waals surface area contributed by atoms with Crippen LogP contribution in [-0.2, 0) is 0 Å². The van der Waals surface area contributed by atoms with Gasteiger partial charge in [-0.05, 0) is 31.5 Å². The van der Waals surface area contributed by atoms with Crippen LogP contribution in [-0.4, -0.2) is 23.6 Å². The van der Waals surface area contributed by atoms with Gasteiger partial charge in [0.2, 0.25) is 0 Å². The Labute approximate surface area is 99.4 Å². The van der Waals surface area contributed by atoms with E-state index in [2.05, 4.69) is 5.32 Å². The lowest BCUT2D eigenvalue weighted by Gasteiger charge is -2.08. The Morgan fingerprint density at radius 1 is 1.62 bits per heavy atom. The maximum Gasteiger partial charge on any atom is 0.255 e. The van der Waals surface area contributed by atoms with Gasteiger partial charge in [-0.2, -0.15) is 0 Å². The highest BCUT2D eigenvalue weighted by Gasteiger charge is 2.11. The molecule has 0 aliphatic heterocycles. The third kappa shape index (κ3) is 3.72. The first kappa shape index (κ1) is 12.8. The summed E-state index contributed by atoms with van der Waals surface area (Å²) in [4.78, 5) is 11.6. The van der Waals surface area contributed by atoms with Gasteiger partial charge in [-0.25, -0.2) is 0 Å². The van der Waals surface area contributed by atoms with Crippen LogP contribution in [0.3, 0.4) is 0 Å². The van der Waals surface area contributed by atoms with Crippen molar-refractivity contribution >= 4 is 17.5 Å². The molecule has 5 heteroatoms. The molecular formula is C11H15ClN2O2. The highest BCUT2D eigenvalue weighted by molar-refractivity contribution is 6.31. The summed E-state index contributed by atoms with van der Waals surface area (Å²) in [6.07, 6.45) is 0.688. The van der Waals surface area contributed by atoms with Crippen LogP contribution in [0.15, 0.2) is 18.2 Å². The third-order valence-electron chi connectivity index (χ3n) is 2.09. The minimum atomic E-state index is -0.347. The van der Waals surface area contributed by atoms with Crippen molar-refractivity contribution in [3.8, 4) is 5.75 Å². The van der Waals surface area contributed by atoms with Crippen molar-refractivity contribution in [1.29, 1.82) is 0 Å². The van der Waals surface area contributed by atoms with Gasteiger partial charge in [-0.1, -0.05) is 11.6 Å². The predicted octanol–water partition coefficient (Wildman–Crippen LogP) is 1.51. The molecule has 16 heavy (non-hydrogen) atoms.